The number of carbonyl (C=O) groups excluding carboxylic acids is 1. The molecule has 21 heavy (non-hydrogen) atoms. The van der Waals surface area contributed by atoms with Crippen LogP contribution in [0.4, 0.5) is 0 Å². The zero-order valence-electron chi connectivity index (χ0n) is 13.1. The molecular weight excluding hydrogens is 268 g/mol. The van der Waals surface area contributed by atoms with Gasteiger partial charge in [-0.25, -0.2) is 0 Å². The van der Waals surface area contributed by atoms with Crippen molar-refractivity contribution in [1.82, 2.24) is 10.6 Å². The molecule has 1 atom stereocenters. The Morgan fingerprint density at radius 1 is 1.33 bits per heavy atom. The van der Waals surface area contributed by atoms with E-state index in [4.69, 9.17) is 9.15 Å². The number of methoxy groups -OCH3 is 1. The minimum absolute atomic E-state index is 0.0646. The van der Waals surface area contributed by atoms with E-state index >= 15 is 0 Å². The molecule has 1 aromatic heterocycles. The van der Waals surface area contributed by atoms with Crippen LogP contribution >= 0.6 is 0 Å². The van der Waals surface area contributed by atoms with E-state index in [0.717, 1.165) is 37.2 Å². The molecule has 0 radical (unpaired) electrons. The predicted molar refractivity (Wildman–Crippen MR) is 81.1 cm³/mol. The van der Waals surface area contributed by atoms with E-state index in [0.29, 0.717) is 18.7 Å². The second-order valence-corrected chi connectivity index (χ2v) is 5.87. The third-order valence-corrected chi connectivity index (χ3v) is 4.01. The highest BCUT2D eigenvalue weighted by molar-refractivity contribution is 5.73. The van der Waals surface area contributed by atoms with Crippen LogP contribution in [0, 0.1) is 6.92 Å². The summed E-state index contributed by atoms with van der Waals surface area (Å²) >= 11 is 0. The van der Waals surface area contributed by atoms with Crippen molar-refractivity contribution in [3.63, 3.8) is 0 Å². The lowest BCUT2D eigenvalue weighted by Crippen LogP contribution is -2.43. The molecule has 0 aliphatic heterocycles. The summed E-state index contributed by atoms with van der Waals surface area (Å²) in [6.45, 7) is 4.13. The fourth-order valence-electron chi connectivity index (χ4n) is 3.00. The van der Waals surface area contributed by atoms with Crippen LogP contribution in [0.25, 0.3) is 0 Å². The summed E-state index contributed by atoms with van der Waals surface area (Å²) in [5, 5.41) is 6.63. The van der Waals surface area contributed by atoms with Crippen molar-refractivity contribution in [3.05, 3.63) is 23.7 Å². The van der Waals surface area contributed by atoms with Crippen molar-refractivity contribution < 1.29 is 13.9 Å². The highest BCUT2D eigenvalue weighted by Gasteiger charge is 2.25. The molecule has 1 aliphatic carbocycles. The number of ether oxygens (including phenoxy) is 1. The maximum atomic E-state index is 11.1. The fraction of sp³-hybridized carbons (Fsp3) is 0.688. The second kappa shape index (κ2) is 7.61. The van der Waals surface area contributed by atoms with E-state index in [1.54, 1.807) is 14.0 Å². The average Bonchev–Trinajstić information content (AvgIpc) is 2.86. The van der Waals surface area contributed by atoms with Crippen LogP contribution in [0.15, 0.2) is 16.5 Å². The quantitative estimate of drug-likeness (QED) is 0.845. The molecule has 1 fully saturated rings. The van der Waals surface area contributed by atoms with Gasteiger partial charge in [0.1, 0.15) is 11.5 Å². The number of hydrogen-bond acceptors (Lipinski definition) is 4. The molecule has 0 aromatic carbocycles. The van der Waals surface area contributed by atoms with Gasteiger partial charge in [-0.05, 0) is 44.7 Å². The van der Waals surface area contributed by atoms with Crippen LogP contribution in [0.2, 0.25) is 0 Å². The van der Waals surface area contributed by atoms with Gasteiger partial charge in [-0.1, -0.05) is 0 Å². The molecule has 0 spiro atoms. The number of hydrogen-bond donors (Lipinski definition) is 2. The molecule has 1 heterocycles. The van der Waals surface area contributed by atoms with Gasteiger partial charge in [-0.15, -0.1) is 0 Å². The number of nitrogens with one attached hydrogen (secondary N) is 2. The lowest BCUT2D eigenvalue weighted by Gasteiger charge is -2.31. The Labute approximate surface area is 126 Å². The molecule has 0 bridgehead atoms. The molecule has 0 saturated heterocycles. The number of carbonyl (C=O) groups is 1. The van der Waals surface area contributed by atoms with Crippen molar-refractivity contribution >= 4 is 5.91 Å². The minimum Gasteiger partial charge on any atom is -0.465 e. The Balaban J connectivity index is 1.86. The molecular formula is C16H26N2O3. The summed E-state index contributed by atoms with van der Waals surface area (Å²) in [4.78, 5) is 11.1. The summed E-state index contributed by atoms with van der Waals surface area (Å²) in [7, 11) is 1.71. The zero-order valence-corrected chi connectivity index (χ0v) is 13.1. The standard InChI is InChI=1S/C16H26N2O3/c1-11-4-9-16(21-11)15(10-20-3)18-14-7-5-13(6-8-14)17-12(2)19/h4,9,13-15,18H,5-8,10H2,1-3H3,(H,17,19). The average molecular weight is 294 g/mol. The van der Waals surface area contributed by atoms with Gasteiger partial charge in [0, 0.05) is 26.1 Å². The molecule has 5 nitrogen and oxygen atoms in total. The van der Waals surface area contributed by atoms with Gasteiger partial charge >= 0.3 is 0 Å². The summed E-state index contributed by atoms with van der Waals surface area (Å²) in [5.41, 5.74) is 0. The maximum Gasteiger partial charge on any atom is 0.217 e. The molecule has 1 unspecified atom stereocenters. The Bertz CT molecular complexity index is 450. The normalized spacial score (nSPS) is 23.8. The van der Waals surface area contributed by atoms with E-state index in [9.17, 15) is 4.79 Å². The number of furan rings is 1. The van der Waals surface area contributed by atoms with E-state index in [1.807, 2.05) is 19.1 Å². The maximum absolute atomic E-state index is 11.1. The summed E-state index contributed by atoms with van der Waals surface area (Å²) in [5.74, 6) is 1.91. The smallest absolute Gasteiger partial charge is 0.217 e. The minimum atomic E-state index is 0.0646. The first kappa shape index (κ1) is 16.0. The predicted octanol–water partition coefficient (Wildman–Crippen LogP) is 2.31. The Morgan fingerprint density at radius 2 is 2.00 bits per heavy atom. The molecule has 1 aliphatic rings. The van der Waals surface area contributed by atoms with E-state index in [-0.39, 0.29) is 11.9 Å². The van der Waals surface area contributed by atoms with Gasteiger partial charge in [0.2, 0.25) is 5.91 Å². The third-order valence-electron chi connectivity index (χ3n) is 4.01. The third kappa shape index (κ3) is 4.86. The lowest BCUT2D eigenvalue weighted by atomic mass is 9.90. The number of rotatable bonds is 6. The monoisotopic (exact) mass is 294 g/mol. The first-order chi connectivity index (χ1) is 10.1. The topological polar surface area (TPSA) is 63.5 Å². The molecule has 2 N–H and O–H groups in total. The molecule has 5 heteroatoms. The summed E-state index contributed by atoms with van der Waals surface area (Å²) < 4.78 is 11.0. The van der Waals surface area contributed by atoms with Gasteiger partial charge < -0.3 is 19.8 Å². The number of aryl methyl sites for hydroxylation is 1. The first-order valence-corrected chi connectivity index (χ1v) is 7.67. The van der Waals surface area contributed by atoms with Crippen LogP contribution in [0.3, 0.4) is 0 Å². The van der Waals surface area contributed by atoms with Gasteiger partial charge in [-0.3, -0.25) is 4.79 Å². The van der Waals surface area contributed by atoms with Crippen molar-refractivity contribution in [2.24, 2.45) is 0 Å². The molecule has 1 aromatic rings. The Kier molecular flexibility index (Phi) is 5.82. The second-order valence-electron chi connectivity index (χ2n) is 5.87. The lowest BCUT2D eigenvalue weighted by molar-refractivity contribution is -0.119. The highest BCUT2D eigenvalue weighted by Crippen LogP contribution is 2.23. The van der Waals surface area contributed by atoms with Crippen LogP contribution in [-0.4, -0.2) is 31.7 Å². The van der Waals surface area contributed by atoms with Crippen molar-refractivity contribution in [2.75, 3.05) is 13.7 Å². The largest absolute Gasteiger partial charge is 0.465 e. The van der Waals surface area contributed by atoms with Gasteiger partial charge in [0.05, 0.1) is 12.6 Å². The first-order valence-electron chi connectivity index (χ1n) is 7.67. The Hall–Kier alpha value is -1.33. The van der Waals surface area contributed by atoms with Gasteiger partial charge in [0.15, 0.2) is 0 Å². The summed E-state index contributed by atoms with van der Waals surface area (Å²) in [6, 6.07) is 4.85. The molecule has 2 rings (SSSR count). The Morgan fingerprint density at radius 3 is 2.52 bits per heavy atom. The molecule has 1 amide bonds. The van der Waals surface area contributed by atoms with Crippen LogP contribution < -0.4 is 10.6 Å². The van der Waals surface area contributed by atoms with Crippen molar-refractivity contribution in [1.29, 1.82) is 0 Å². The highest BCUT2D eigenvalue weighted by atomic mass is 16.5. The van der Waals surface area contributed by atoms with Crippen LogP contribution in [-0.2, 0) is 9.53 Å². The zero-order chi connectivity index (χ0) is 15.2. The molecule has 1 saturated carbocycles. The van der Waals surface area contributed by atoms with Gasteiger partial charge in [-0.2, -0.15) is 0 Å². The van der Waals surface area contributed by atoms with E-state index in [1.165, 1.54) is 0 Å². The fourth-order valence-corrected chi connectivity index (χ4v) is 3.00. The van der Waals surface area contributed by atoms with Crippen LogP contribution in [0.5, 0.6) is 0 Å². The van der Waals surface area contributed by atoms with Gasteiger partial charge in [0.25, 0.3) is 0 Å². The molecule has 118 valence electrons. The SMILES string of the molecule is COCC(NC1CCC(NC(C)=O)CC1)c1ccc(C)o1. The van der Waals surface area contributed by atoms with Crippen LogP contribution in [0.1, 0.15) is 50.2 Å². The number of amides is 1. The van der Waals surface area contributed by atoms with Crippen molar-refractivity contribution in [2.45, 2.75) is 57.7 Å². The van der Waals surface area contributed by atoms with E-state index in [2.05, 4.69) is 10.6 Å². The summed E-state index contributed by atoms with van der Waals surface area (Å²) in [6.07, 6.45) is 4.16. The van der Waals surface area contributed by atoms with Crippen molar-refractivity contribution in [3.8, 4) is 0 Å². The van der Waals surface area contributed by atoms with E-state index < -0.39 is 0 Å².